The Hall–Kier alpha value is -2.78. The van der Waals surface area contributed by atoms with Crippen molar-refractivity contribution in [1.29, 1.82) is 0 Å². The van der Waals surface area contributed by atoms with E-state index >= 15 is 0 Å². The summed E-state index contributed by atoms with van der Waals surface area (Å²) < 4.78 is 8.65. The van der Waals surface area contributed by atoms with Crippen molar-refractivity contribution in [3.8, 4) is 0 Å². The molecule has 1 aliphatic heterocycles. The maximum Gasteiger partial charge on any atom is 0.209 e. The maximum absolute atomic E-state index is 5.50. The topological polar surface area (TPSA) is 77.3 Å². The number of quaternary nitrogens is 1. The molecule has 1 saturated heterocycles. The van der Waals surface area contributed by atoms with Crippen LogP contribution in [0.1, 0.15) is 37.4 Å². The SMILES string of the molecule is CCC[C@H](c1nnnn1Cc1ccco1)[NH+]1CCN(c2nc3ccccc3s2)CC1. The van der Waals surface area contributed by atoms with Crippen LogP contribution >= 0.6 is 11.3 Å². The zero-order chi connectivity index (χ0) is 20.3. The van der Waals surface area contributed by atoms with E-state index in [0.29, 0.717) is 6.54 Å². The van der Waals surface area contributed by atoms with Crippen molar-refractivity contribution in [1.82, 2.24) is 25.2 Å². The van der Waals surface area contributed by atoms with E-state index in [1.54, 1.807) is 22.5 Å². The predicted molar refractivity (Wildman–Crippen MR) is 116 cm³/mol. The van der Waals surface area contributed by atoms with Crippen LogP contribution < -0.4 is 9.80 Å². The number of fused-ring (bicyclic) bond motifs is 1. The van der Waals surface area contributed by atoms with E-state index in [-0.39, 0.29) is 6.04 Å². The second-order valence-corrected chi connectivity index (χ2v) is 8.73. The molecule has 0 unspecified atom stereocenters. The molecule has 0 spiro atoms. The summed E-state index contributed by atoms with van der Waals surface area (Å²) in [6.07, 6.45) is 3.85. The number of hydrogen-bond donors (Lipinski definition) is 1. The third-order valence-corrected chi connectivity index (χ3v) is 6.88. The molecule has 8 nitrogen and oxygen atoms in total. The van der Waals surface area contributed by atoms with Gasteiger partial charge in [0.2, 0.25) is 5.82 Å². The van der Waals surface area contributed by atoms with Crippen LogP contribution in [0.25, 0.3) is 10.2 Å². The van der Waals surface area contributed by atoms with Crippen LogP contribution in [-0.2, 0) is 6.54 Å². The number of rotatable bonds is 7. The van der Waals surface area contributed by atoms with Gasteiger partial charge in [0.05, 0.1) is 42.7 Å². The van der Waals surface area contributed by atoms with E-state index in [0.717, 1.165) is 61.3 Å². The van der Waals surface area contributed by atoms with Crippen molar-refractivity contribution < 1.29 is 9.32 Å². The number of nitrogens with one attached hydrogen (secondary N) is 1. The summed E-state index contributed by atoms with van der Waals surface area (Å²) in [6, 6.07) is 12.5. The molecule has 0 radical (unpaired) electrons. The van der Waals surface area contributed by atoms with Crippen LogP contribution in [-0.4, -0.2) is 51.4 Å². The molecule has 0 amide bonds. The van der Waals surface area contributed by atoms with Gasteiger partial charge in [0.15, 0.2) is 5.13 Å². The molecule has 1 fully saturated rings. The van der Waals surface area contributed by atoms with Gasteiger partial charge in [-0.3, -0.25) is 0 Å². The Balaban J connectivity index is 1.30. The Bertz CT molecular complexity index is 1050. The van der Waals surface area contributed by atoms with Crippen LogP contribution in [0.4, 0.5) is 5.13 Å². The number of benzene rings is 1. The number of nitrogens with zero attached hydrogens (tertiary/aromatic N) is 6. The van der Waals surface area contributed by atoms with Crippen molar-refractivity contribution in [3.63, 3.8) is 0 Å². The van der Waals surface area contributed by atoms with Crippen LogP contribution in [0, 0.1) is 0 Å². The molecular formula is C21H26N7OS+. The highest BCUT2D eigenvalue weighted by molar-refractivity contribution is 7.22. The Morgan fingerprint density at radius 1 is 1.17 bits per heavy atom. The van der Waals surface area contributed by atoms with E-state index in [2.05, 4.69) is 51.6 Å². The lowest BCUT2D eigenvalue weighted by Crippen LogP contribution is -3.15. The Morgan fingerprint density at radius 2 is 2.03 bits per heavy atom. The molecule has 1 atom stereocenters. The Morgan fingerprint density at radius 3 is 2.80 bits per heavy atom. The third kappa shape index (κ3) is 3.82. The fourth-order valence-electron chi connectivity index (χ4n) is 4.26. The second-order valence-electron chi connectivity index (χ2n) is 7.72. The van der Waals surface area contributed by atoms with Gasteiger partial charge in [-0.1, -0.05) is 36.8 Å². The molecule has 0 bridgehead atoms. The summed E-state index contributed by atoms with van der Waals surface area (Å²) >= 11 is 1.78. The summed E-state index contributed by atoms with van der Waals surface area (Å²) in [5, 5.41) is 13.8. The highest BCUT2D eigenvalue weighted by atomic mass is 32.1. The average Bonchev–Trinajstić information content (AvgIpc) is 3.53. The minimum absolute atomic E-state index is 0.289. The third-order valence-electron chi connectivity index (χ3n) is 5.79. The van der Waals surface area contributed by atoms with Crippen molar-refractivity contribution in [2.45, 2.75) is 32.4 Å². The number of piperazine rings is 1. The summed E-state index contributed by atoms with van der Waals surface area (Å²) in [6.45, 7) is 6.89. The number of thiazole rings is 1. The van der Waals surface area contributed by atoms with E-state index in [9.17, 15) is 0 Å². The standard InChI is InChI=1S/C21H25N7OS/c1-2-6-18(20-23-24-25-28(20)15-16-7-5-14-29-16)26-10-12-27(13-11-26)21-22-17-8-3-4-9-19(17)30-21/h3-5,7-9,14,18H,2,6,10-13,15H2,1H3/p+1/t18-/m1/s1. The lowest BCUT2D eigenvalue weighted by molar-refractivity contribution is -0.933. The highest BCUT2D eigenvalue weighted by Gasteiger charge is 2.33. The Kier molecular flexibility index (Phi) is 5.46. The molecule has 9 heteroatoms. The van der Waals surface area contributed by atoms with Crippen molar-refractivity contribution in [3.05, 3.63) is 54.2 Å². The minimum atomic E-state index is 0.289. The van der Waals surface area contributed by atoms with Crippen LogP contribution in [0.2, 0.25) is 0 Å². The first-order valence-corrected chi connectivity index (χ1v) is 11.4. The molecule has 156 valence electrons. The number of para-hydroxylation sites is 1. The molecule has 1 N–H and O–H groups in total. The zero-order valence-corrected chi connectivity index (χ0v) is 17.9. The molecule has 0 saturated carbocycles. The summed E-state index contributed by atoms with van der Waals surface area (Å²) in [7, 11) is 0. The fraction of sp³-hybridized carbons (Fsp3) is 0.429. The number of furan rings is 1. The van der Waals surface area contributed by atoms with Gasteiger partial charge in [0, 0.05) is 6.42 Å². The summed E-state index contributed by atoms with van der Waals surface area (Å²) in [5.74, 6) is 1.83. The van der Waals surface area contributed by atoms with E-state index < -0.39 is 0 Å². The first kappa shape index (κ1) is 19.2. The van der Waals surface area contributed by atoms with Gasteiger partial charge in [-0.2, -0.15) is 0 Å². The Labute approximate surface area is 179 Å². The maximum atomic E-state index is 5.50. The fourth-order valence-corrected chi connectivity index (χ4v) is 5.27. The lowest BCUT2D eigenvalue weighted by Gasteiger charge is -2.35. The van der Waals surface area contributed by atoms with Gasteiger partial charge in [0.1, 0.15) is 18.3 Å². The molecule has 5 rings (SSSR count). The van der Waals surface area contributed by atoms with Gasteiger partial charge in [-0.25, -0.2) is 9.67 Å². The van der Waals surface area contributed by atoms with Gasteiger partial charge in [-0.05, 0) is 34.7 Å². The molecule has 3 aromatic heterocycles. The van der Waals surface area contributed by atoms with E-state index in [4.69, 9.17) is 9.40 Å². The van der Waals surface area contributed by atoms with Gasteiger partial charge in [0.25, 0.3) is 0 Å². The average molecular weight is 425 g/mol. The van der Waals surface area contributed by atoms with Crippen molar-refractivity contribution in [2.75, 3.05) is 31.1 Å². The monoisotopic (exact) mass is 424 g/mol. The van der Waals surface area contributed by atoms with E-state index in [1.165, 1.54) is 4.70 Å². The first-order chi connectivity index (χ1) is 14.8. The number of tetrazole rings is 1. The van der Waals surface area contributed by atoms with Crippen molar-refractivity contribution in [2.24, 2.45) is 0 Å². The molecule has 0 aliphatic carbocycles. The number of aromatic nitrogens is 5. The van der Waals surface area contributed by atoms with E-state index in [1.807, 2.05) is 16.8 Å². The summed E-state index contributed by atoms with van der Waals surface area (Å²) in [4.78, 5) is 8.80. The van der Waals surface area contributed by atoms with Gasteiger partial charge in [-0.15, -0.1) is 5.10 Å². The van der Waals surface area contributed by atoms with Gasteiger partial charge < -0.3 is 14.2 Å². The molecule has 4 aromatic rings. The highest BCUT2D eigenvalue weighted by Crippen LogP contribution is 2.28. The normalized spacial score (nSPS) is 16.4. The first-order valence-electron chi connectivity index (χ1n) is 10.6. The van der Waals surface area contributed by atoms with Crippen LogP contribution in [0.15, 0.2) is 47.1 Å². The lowest BCUT2D eigenvalue weighted by atomic mass is 10.1. The molecule has 30 heavy (non-hydrogen) atoms. The largest absolute Gasteiger partial charge is 0.467 e. The predicted octanol–water partition coefficient (Wildman–Crippen LogP) is 2.17. The zero-order valence-electron chi connectivity index (χ0n) is 17.1. The quantitative estimate of drug-likeness (QED) is 0.490. The number of anilines is 1. The summed E-state index contributed by atoms with van der Waals surface area (Å²) in [5.41, 5.74) is 1.09. The van der Waals surface area contributed by atoms with Crippen molar-refractivity contribution >= 4 is 26.7 Å². The van der Waals surface area contributed by atoms with Crippen LogP contribution in [0.3, 0.4) is 0 Å². The smallest absolute Gasteiger partial charge is 0.209 e. The van der Waals surface area contributed by atoms with Gasteiger partial charge >= 0.3 is 0 Å². The molecule has 1 aromatic carbocycles. The molecule has 1 aliphatic rings. The minimum Gasteiger partial charge on any atom is -0.467 e. The second kappa shape index (κ2) is 8.53. The molecular weight excluding hydrogens is 398 g/mol. The molecule has 4 heterocycles. The number of hydrogen-bond acceptors (Lipinski definition) is 7. The van der Waals surface area contributed by atoms with Crippen LogP contribution in [0.5, 0.6) is 0 Å².